The average Bonchev–Trinajstić information content (AvgIpc) is 2.83. The van der Waals surface area contributed by atoms with Gasteiger partial charge in [0.05, 0.1) is 6.10 Å². The Morgan fingerprint density at radius 3 is 2.15 bits per heavy atom. The van der Waals surface area contributed by atoms with Crippen LogP contribution < -0.4 is 0 Å². The Hall–Kier alpha value is -0.820. The molecule has 1 fully saturated rings. The van der Waals surface area contributed by atoms with Gasteiger partial charge in [-0.2, -0.15) is 0 Å². The maximum absolute atomic E-state index is 5.67. The molecule has 70 valence electrons. The van der Waals surface area contributed by atoms with Crippen molar-refractivity contribution in [2.24, 2.45) is 5.41 Å². The fourth-order valence-corrected chi connectivity index (χ4v) is 1.67. The van der Waals surface area contributed by atoms with Gasteiger partial charge in [0.2, 0.25) is 0 Å². The summed E-state index contributed by atoms with van der Waals surface area (Å²) in [6.45, 7) is 6.67. The first-order valence-corrected chi connectivity index (χ1v) is 4.79. The Morgan fingerprint density at radius 1 is 1.08 bits per heavy atom. The largest absolute Gasteiger partial charge is 0.364 e. The van der Waals surface area contributed by atoms with Crippen molar-refractivity contribution < 1.29 is 4.74 Å². The highest BCUT2D eigenvalue weighted by Crippen LogP contribution is 2.48. The van der Waals surface area contributed by atoms with Crippen LogP contribution in [0.1, 0.15) is 32.4 Å². The minimum atomic E-state index is 0.264. The second kappa shape index (κ2) is 2.85. The van der Waals surface area contributed by atoms with Gasteiger partial charge >= 0.3 is 0 Å². The molecule has 0 N–H and O–H groups in total. The van der Waals surface area contributed by atoms with Crippen LogP contribution in [0.15, 0.2) is 30.3 Å². The van der Waals surface area contributed by atoms with Crippen molar-refractivity contribution in [1.29, 1.82) is 0 Å². The van der Waals surface area contributed by atoms with Crippen molar-refractivity contribution >= 4 is 0 Å². The molecule has 0 aliphatic carbocycles. The normalized spacial score (nSPS) is 27.3. The van der Waals surface area contributed by atoms with E-state index in [1.54, 1.807) is 0 Å². The summed E-state index contributed by atoms with van der Waals surface area (Å²) in [5.41, 5.74) is 1.57. The van der Waals surface area contributed by atoms with Crippen molar-refractivity contribution in [3.05, 3.63) is 35.9 Å². The zero-order chi connectivity index (χ0) is 9.47. The molecule has 1 aromatic carbocycles. The highest BCUT2D eigenvalue weighted by molar-refractivity contribution is 5.23. The van der Waals surface area contributed by atoms with E-state index in [0.717, 1.165) is 0 Å². The maximum atomic E-state index is 5.67. The summed E-state index contributed by atoms with van der Waals surface area (Å²) in [4.78, 5) is 0. The van der Waals surface area contributed by atoms with E-state index in [1.807, 2.05) is 6.07 Å². The molecule has 1 aromatic rings. The molecular formula is C12H16O. The Labute approximate surface area is 79.7 Å². The first kappa shape index (κ1) is 8.76. The van der Waals surface area contributed by atoms with E-state index in [0.29, 0.717) is 12.2 Å². The molecule has 0 aromatic heterocycles. The number of rotatable bonds is 1. The SMILES string of the molecule is CC(C)(C)[C@@H]1OC1c1ccccc1. The van der Waals surface area contributed by atoms with E-state index in [2.05, 4.69) is 45.0 Å². The predicted octanol–water partition coefficient (Wildman–Crippen LogP) is 3.17. The van der Waals surface area contributed by atoms with Crippen molar-refractivity contribution in [1.82, 2.24) is 0 Å². The lowest BCUT2D eigenvalue weighted by molar-refractivity contribution is 0.261. The lowest BCUT2D eigenvalue weighted by Crippen LogP contribution is -2.14. The minimum absolute atomic E-state index is 0.264. The molecule has 1 heterocycles. The molecule has 1 saturated heterocycles. The topological polar surface area (TPSA) is 12.5 Å². The summed E-state index contributed by atoms with van der Waals surface area (Å²) in [6, 6.07) is 10.4. The highest BCUT2D eigenvalue weighted by atomic mass is 16.6. The lowest BCUT2D eigenvalue weighted by Gasteiger charge is -2.14. The molecule has 1 nitrogen and oxygen atoms in total. The van der Waals surface area contributed by atoms with E-state index in [9.17, 15) is 0 Å². The number of hydrogen-bond acceptors (Lipinski definition) is 1. The molecule has 0 saturated carbocycles. The molecule has 2 rings (SSSR count). The molecule has 0 spiro atoms. The monoisotopic (exact) mass is 176 g/mol. The summed E-state index contributed by atoms with van der Waals surface area (Å²) in [5.74, 6) is 0. The van der Waals surface area contributed by atoms with E-state index >= 15 is 0 Å². The van der Waals surface area contributed by atoms with Gasteiger partial charge in [-0.3, -0.25) is 0 Å². The lowest BCUT2D eigenvalue weighted by atomic mass is 9.88. The fraction of sp³-hybridized carbons (Fsp3) is 0.500. The van der Waals surface area contributed by atoms with E-state index < -0.39 is 0 Å². The smallest absolute Gasteiger partial charge is 0.110 e. The number of ether oxygens (including phenoxy) is 1. The van der Waals surface area contributed by atoms with Crippen LogP contribution >= 0.6 is 0 Å². The fourth-order valence-electron chi connectivity index (χ4n) is 1.67. The molecule has 1 aliphatic rings. The molecule has 0 radical (unpaired) electrons. The van der Waals surface area contributed by atoms with Gasteiger partial charge in [0.15, 0.2) is 0 Å². The number of epoxide rings is 1. The van der Waals surface area contributed by atoms with Crippen LogP contribution in [-0.2, 0) is 4.74 Å². The molecule has 2 atom stereocenters. The summed E-state index contributed by atoms with van der Waals surface area (Å²) in [5, 5.41) is 0. The predicted molar refractivity (Wildman–Crippen MR) is 53.5 cm³/mol. The quantitative estimate of drug-likeness (QED) is 0.599. The summed E-state index contributed by atoms with van der Waals surface area (Å²) >= 11 is 0. The van der Waals surface area contributed by atoms with E-state index in [1.165, 1.54) is 5.56 Å². The summed E-state index contributed by atoms with van der Waals surface area (Å²) in [7, 11) is 0. The van der Waals surface area contributed by atoms with Crippen molar-refractivity contribution in [3.8, 4) is 0 Å². The van der Waals surface area contributed by atoms with Crippen LogP contribution in [0, 0.1) is 5.41 Å². The van der Waals surface area contributed by atoms with Gasteiger partial charge in [0.25, 0.3) is 0 Å². The van der Waals surface area contributed by atoms with Crippen LogP contribution in [0.2, 0.25) is 0 Å². The minimum Gasteiger partial charge on any atom is -0.364 e. The number of hydrogen-bond donors (Lipinski definition) is 0. The molecule has 0 bridgehead atoms. The van der Waals surface area contributed by atoms with Gasteiger partial charge < -0.3 is 4.74 Å². The highest BCUT2D eigenvalue weighted by Gasteiger charge is 2.47. The van der Waals surface area contributed by atoms with Crippen molar-refractivity contribution in [2.45, 2.75) is 33.0 Å². The molecular weight excluding hydrogens is 160 g/mol. The number of benzene rings is 1. The van der Waals surface area contributed by atoms with Gasteiger partial charge in [-0.05, 0) is 11.0 Å². The van der Waals surface area contributed by atoms with Crippen molar-refractivity contribution in [2.75, 3.05) is 0 Å². The first-order valence-electron chi connectivity index (χ1n) is 4.79. The van der Waals surface area contributed by atoms with Crippen molar-refractivity contribution in [3.63, 3.8) is 0 Å². The van der Waals surface area contributed by atoms with Crippen LogP contribution in [0.5, 0.6) is 0 Å². The third-order valence-electron chi connectivity index (χ3n) is 2.47. The molecule has 1 aliphatic heterocycles. The second-order valence-corrected chi connectivity index (χ2v) is 4.75. The standard InChI is InChI=1S/C12H16O/c1-12(2,3)11-10(13-11)9-7-5-4-6-8-9/h4-8,10-11H,1-3H3/t10?,11-/m1/s1. The van der Waals surface area contributed by atoms with Crippen LogP contribution in [0.25, 0.3) is 0 Å². The van der Waals surface area contributed by atoms with Gasteiger partial charge in [-0.15, -0.1) is 0 Å². The first-order chi connectivity index (χ1) is 6.09. The van der Waals surface area contributed by atoms with E-state index in [4.69, 9.17) is 4.74 Å². The van der Waals surface area contributed by atoms with Gasteiger partial charge in [-0.1, -0.05) is 51.1 Å². The third kappa shape index (κ3) is 1.75. The Kier molecular flexibility index (Phi) is 1.92. The van der Waals surface area contributed by atoms with E-state index in [-0.39, 0.29) is 5.41 Å². The van der Waals surface area contributed by atoms with Gasteiger partial charge in [0.1, 0.15) is 6.10 Å². The molecule has 0 amide bonds. The second-order valence-electron chi connectivity index (χ2n) is 4.75. The Morgan fingerprint density at radius 2 is 1.69 bits per heavy atom. The molecule has 1 unspecified atom stereocenters. The third-order valence-corrected chi connectivity index (χ3v) is 2.47. The van der Waals surface area contributed by atoms with Crippen LogP contribution in [0.3, 0.4) is 0 Å². The average molecular weight is 176 g/mol. The molecule has 13 heavy (non-hydrogen) atoms. The van der Waals surface area contributed by atoms with Crippen LogP contribution in [-0.4, -0.2) is 6.10 Å². The molecule has 1 heteroatoms. The summed E-state index contributed by atoms with van der Waals surface area (Å²) < 4.78 is 5.67. The zero-order valence-corrected chi connectivity index (χ0v) is 8.45. The Balaban J connectivity index is 2.09. The summed E-state index contributed by atoms with van der Waals surface area (Å²) in [6.07, 6.45) is 0.732. The van der Waals surface area contributed by atoms with Crippen LogP contribution in [0.4, 0.5) is 0 Å². The Bertz CT molecular complexity index is 284. The maximum Gasteiger partial charge on any atom is 0.110 e. The van der Waals surface area contributed by atoms with Gasteiger partial charge in [-0.25, -0.2) is 0 Å². The van der Waals surface area contributed by atoms with Gasteiger partial charge in [0, 0.05) is 0 Å². The zero-order valence-electron chi connectivity index (χ0n) is 8.45.